The van der Waals surface area contributed by atoms with Gasteiger partial charge in [0.1, 0.15) is 0 Å². The van der Waals surface area contributed by atoms with Gasteiger partial charge in [-0.15, -0.1) is 0 Å². The van der Waals surface area contributed by atoms with E-state index in [4.69, 9.17) is 11.6 Å². The van der Waals surface area contributed by atoms with Crippen molar-refractivity contribution in [3.05, 3.63) is 5.28 Å². The molecule has 14 heavy (non-hydrogen) atoms. The Bertz CT molecular complexity index is 337. The summed E-state index contributed by atoms with van der Waals surface area (Å²) in [5, 5.41) is 3.17. The first-order valence-electron chi connectivity index (χ1n) is 4.28. The highest BCUT2D eigenvalue weighted by molar-refractivity contribution is 6.28. The lowest BCUT2D eigenvalue weighted by Gasteiger charge is -2.07. The van der Waals surface area contributed by atoms with E-state index in [0.29, 0.717) is 11.9 Å². The van der Waals surface area contributed by atoms with E-state index in [-0.39, 0.29) is 11.3 Å². The van der Waals surface area contributed by atoms with Crippen molar-refractivity contribution < 1.29 is 0 Å². The highest BCUT2D eigenvalue weighted by Crippen LogP contribution is 2.11. The molecule has 0 aliphatic heterocycles. The van der Waals surface area contributed by atoms with Crippen molar-refractivity contribution in [3.63, 3.8) is 0 Å². The molecule has 0 unspecified atom stereocenters. The topological polar surface area (TPSA) is 63.1 Å². The smallest absolute Gasteiger partial charge is 0.255 e. The van der Waals surface area contributed by atoms with Gasteiger partial charge in [0.2, 0.25) is 11.2 Å². The summed E-state index contributed by atoms with van der Waals surface area (Å²) in [5.74, 6) is 0.760. The van der Waals surface area contributed by atoms with E-state index >= 15 is 0 Å². The van der Waals surface area contributed by atoms with Crippen molar-refractivity contribution in [3.8, 4) is 0 Å². The van der Waals surface area contributed by atoms with Gasteiger partial charge in [-0.3, -0.25) is 0 Å². The van der Waals surface area contributed by atoms with E-state index in [1.165, 1.54) is 0 Å². The Hall–Kier alpha value is -1.23. The van der Waals surface area contributed by atoms with Crippen molar-refractivity contribution >= 4 is 29.7 Å². The summed E-state index contributed by atoms with van der Waals surface area (Å²) in [4.78, 5) is 15.7. The van der Waals surface area contributed by atoms with Gasteiger partial charge in [0, 0.05) is 12.3 Å². The van der Waals surface area contributed by atoms with E-state index in [1.54, 1.807) is 13.1 Å². The molecule has 0 fully saturated rings. The van der Waals surface area contributed by atoms with Gasteiger partial charge in [-0.25, -0.2) is 4.99 Å². The van der Waals surface area contributed by atoms with Gasteiger partial charge in [0.15, 0.2) is 0 Å². The van der Waals surface area contributed by atoms with Crippen molar-refractivity contribution in [1.29, 1.82) is 0 Å². The second-order valence-corrected chi connectivity index (χ2v) is 3.25. The minimum atomic E-state index is 0.142. The maximum Gasteiger partial charge on any atom is 0.255 e. The second-order valence-electron chi connectivity index (χ2n) is 2.91. The molecule has 0 amide bonds. The Morgan fingerprint density at radius 1 is 1.36 bits per heavy atom. The summed E-state index contributed by atoms with van der Waals surface area (Å²) in [6.07, 6.45) is 1.60. The van der Waals surface area contributed by atoms with Crippen LogP contribution in [0.15, 0.2) is 4.99 Å². The quantitative estimate of drug-likeness (QED) is 0.781. The number of anilines is 1. The molecule has 0 aliphatic carbocycles. The highest BCUT2D eigenvalue weighted by Gasteiger charge is 2.03. The van der Waals surface area contributed by atoms with Gasteiger partial charge in [0.25, 0.3) is 5.95 Å². The zero-order chi connectivity index (χ0) is 10.6. The molecule has 0 spiro atoms. The molecule has 1 aromatic rings. The first kappa shape index (κ1) is 10.8. The third kappa shape index (κ3) is 3.26. The zero-order valence-electron chi connectivity index (χ0n) is 8.32. The monoisotopic (exact) mass is 213 g/mol. The summed E-state index contributed by atoms with van der Waals surface area (Å²) < 4.78 is 0. The van der Waals surface area contributed by atoms with Gasteiger partial charge in [-0.1, -0.05) is 0 Å². The molecule has 76 valence electrons. The van der Waals surface area contributed by atoms with E-state index < -0.39 is 0 Å². The molecular formula is C8H12ClN5. The predicted octanol–water partition coefficient (Wildman–Crippen LogP) is 2.07. The average molecular weight is 214 g/mol. The van der Waals surface area contributed by atoms with E-state index in [0.717, 1.165) is 0 Å². The molecule has 0 aromatic carbocycles. The molecule has 0 aliphatic rings. The van der Waals surface area contributed by atoms with E-state index in [1.807, 2.05) is 13.8 Å². The average Bonchev–Trinajstić information content (AvgIpc) is 2.01. The molecule has 1 rings (SSSR count). The van der Waals surface area contributed by atoms with Crippen LogP contribution in [0, 0.1) is 0 Å². The standard InChI is InChI=1S/C8H12ClN5/c1-4-10-7-12-6(9)13-8(14-7)11-5(2)3/h4-5H,1-3H3,(H,11,12,13,14). The van der Waals surface area contributed by atoms with Crippen LogP contribution in [0.3, 0.4) is 0 Å². The molecule has 1 N–H and O–H groups in total. The Kier molecular flexibility index (Phi) is 3.76. The van der Waals surface area contributed by atoms with Crippen LogP contribution in [0.4, 0.5) is 11.9 Å². The van der Waals surface area contributed by atoms with Crippen molar-refractivity contribution in [2.75, 3.05) is 5.32 Å². The molecule has 0 bridgehead atoms. The molecule has 5 nitrogen and oxygen atoms in total. The van der Waals surface area contributed by atoms with Crippen LogP contribution in [0.25, 0.3) is 0 Å². The molecule has 0 radical (unpaired) electrons. The van der Waals surface area contributed by atoms with Crippen LogP contribution in [0.1, 0.15) is 20.8 Å². The Labute approximate surface area is 87.7 Å². The zero-order valence-corrected chi connectivity index (χ0v) is 9.08. The van der Waals surface area contributed by atoms with E-state index in [9.17, 15) is 0 Å². The lowest BCUT2D eigenvalue weighted by molar-refractivity contribution is 0.866. The van der Waals surface area contributed by atoms with E-state index in [2.05, 4.69) is 25.3 Å². The van der Waals surface area contributed by atoms with Gasteiger partial charge < -0.3 is 5.32 Å². The van der Waals surface area contributed by atoms with Crippen LogP contribution in [-0.2, 0) is 0 Å². The number of aliphatic imine (C=N–C) groups is 1. The fourth-order valence-electron chi connectivity index (χ4n) is 0.836. The van der Waals surface area contributed by atoms with Crippen LogP contribution >= 0.6 is 11.6 Å². The summed E-state index contributed by atoms with van der Waals surface area (Å²) in [6, 6.07) is 0.243. The number of hydrogen-bond donors (Lipinski definition) is 1. The first-order chi connectivity index (χ1) is 6.61. The molecule has 0 saturated heterocycles. The molecule has 0 atom stereocenters. The van der Waals surface area contributed by atoms with Crippen LogP contribution in [0.5, 0.6) is 0 Å². The van der Waals surface area contributed by atoms with Gasteiger partial charge in [-0.05, 0) is 32.4 Å². The number of nitrogens with one attached hydrogen (secondary N) is 1. The molecular weight excluding hydrogens is 202 g/mol. The molecule has 0 saturated carbocycles. The van der Waals surface area contributed by atoms with Crippen LogP contribution in [0.2, 0.25) is 5.28 Å². The molecule has 6 heteroatoms. The SMILES string of the molecule is CC=Nc1nc(Cl)nc(NC(C)C)n1. The molecule has 1 heterocycles. The third-order valence-electron chi connectivity index (χ3n) is 1.26. The maximum atomic E-state index is 5.69. The Morgan fingerprint density at radius 3 is 2.64 bits per heavy atom. The largest absolute Gasteiger partial charge is 0.352 e. The number of rotatable bonds is 3. The Balaban J connectivity index is 2.94. The maximum absolute atomic E-state index is 5.69. The summed E-state index contributed by atoms with van der Waals surface area (Å²) in [5.41, 5.74) is 0. The van der Waals surface area contributed by atoms with Crippen LogP contribution in [-0.4, -0.2) is 27.2 Å². The summed E-state index contributed by atoms with van der Waals surface area (Å²) in [6.45, 7) is 5.76. The van der Waals surface area contributed by atoms with Crippen molar-refractivity contribution in [2.24, 2.45) is 4.99 Å². The Morgan fingerprint density at radius 2 is 2.07 bits per heavy atom. The lowest BCUT2D eigenvalue weighted by atomic mass is 10.4. The molecule has 1 aromatic heterocycles. The number of aromatic nitrogens is 3. The first-order valence-corrected chi connectivity index (χ1v) is 4.66. The summed E-state index contributed by atoms with van der Waals surface area (Å²) >= 11 is 5.69. The highest BCUT2D eigenvalue weighted by atomic mass is 35.5. The van der Waals surface area contributed by atoms with Gasteiger partial charge in [0.05, 0.1) is 0 Å². The van der Waals surface area contributed by atoms with Crippen molar-refractivity contribution in [1.82, 2.24) is 15.0 Å². The van der Waals surface area contributed by atoms with Crippen molar-refractivity contribution in [2.45, 2.75) is 26.8 Å². The van der Waals surface area contributed by atoms with Crippen LogP contribution < -0.4 is 5.32 Å². The number of hydrogen-bond acceptors (Lipinski definition) is 5. The lowest BCUT2D eigenvalue weighted by Crippen LogP contribution is -2.12. The minimum absolute atomic E-state index is 0.142. The fourth-order valence-corrected chi connectivity index (χ4v) is 0.991. The summed E-state index contributed by atoms with van der Waals surface area (Å²) in [7, 11) is 0. The van der Waals surface area contributed by atoms with Gasteiger partial charge >= 0.3 is 0 Å². The number of halogens is 1. The normalized spacial score (nSPS) is 11.2. The second kappa shape index (κ2) is 4.85. The minimum Gasteiger partial charge on any atom is -0.352 e. The van der Waals surface area contributed by atoms with Gasteiger partial charge in [-0.2, -0.15) is 15.0 Å². The fraction of sp³-hybridized carbons (Fsp3) is 0.500. The predicted molar refractivity (Wildman–Crippen MR) is 57.4 cm³/mol. The third-order valence-corrected chi connectivity index (χ3v) is 1.43. The number of nitrogens with zero attached hydrogens (tertiary/aromatic N) is 4.